The van der Waals surface area contributed by atoms with E-state index in [1.807, 2.05) is 12.2 Å². The van der Waals surface area contributed by atoms with E-state index in [-0.39, 0.29) is 28.4 Å². The number of hydrogen-bond donors (Lipinski definition) is 3. The smallest absolute Gasteiger partial charge is 0.227 e. The molecule has 0 radical (unpaired) electrons. The molecule has 0 bridgehead atoms. The second kappa shape index (κ2) is 14.1. The van der Waals surface area contributed by atoms with Crippen molar-refractivity contribution in [1.82, 2.24) is 15.4 Å². The number of hydrogen-bond acceptors (Lipinski definition) is 4. The number of nitrogens with one attached hydrogen (secondary N) is 3. The lowest BCUT2D eigenvalue weighted by molar-refractivity contribution is -0.126. The van der Waals surface area contributed by atoms with Gasteiger partial charge in [0.2, 0.25) is 11.8 Å². The van der Waals surface area contributed by atoms with E-state index in [1.165, 1.54) is 6.42 Å². The highest BCUT2D eigenvalue weighted by atomic mass is 32.2. The van der Waals surface area contributed by atoms with Gasteiger partial charge in [-0.3, -0.25) is 14.3 Å². The first-order valence-electron chi connectivity index (χ1n) is 12.7. The predicted molar refractivity (Wildman–Crippen MR) is 136 cm³/mol. The molecule has 5 nitrogen and oxygen atoms in total. The number of allylic oxidation sites excluding steroid dienone is 2. The van der Waals surface area contributed by atoms with E-state index < -0.39 is 0 Å². The normalized spacial score (nSPS) is 23.3. The zero-order chi connectivity index (χ0) is 23.4. The molecule has 2 rings (SSSR count). The van der Waals surface area contributed by atoms with Crippen molar-refractivity contribution in [3.63, 3.8) is 0 Å². The largest absolute Gasteiger partial charge is 0.352 e. The molecule has 0 unspecified atom stereocenters. The summed E-state index contributed by atoms with van der Waals surface area (Å²) in [5, 5.41) is 6.17. The van der Waals surface area contributed by atoms with Crippen molar-refractivity contribution in [2.75, 3.05) is 6.54 Å². The van der Waals surface area contributed by atoms with Crippen molar-refractivity contribution in [3.05, 3.63) is 23.9 Å². The zero-order valence-corrected chi connectivity index (χ0v) is 21.5. The summed E-state index contributed by atoms with van der Waals surface area (Å²) in [4.78, 5) is 25.2. The summed E-state index contributed by atoms with van der Waals surface area (Å²) in [6.45, 7) is 9.26. The number of carbonyl (C=O) groups excluding carboxylic acids is 2. The fourth-order valence-electron chi connectivity index (χ4n) is 4.29. The second-order valence-corrected chi connectivity index (χ2v) is 12.0. The third kappa shape index (κ3) is 10.6. The molecular formula is C26H45N3O2S. The Morgan fingerprint density at radius 3 is 2.22 bits per heavy atom. The zero-order valence-electron chi connectivity index (χ0n) is 20.7. The highest BCUT2D eigenvalue weighted by molar-refractivity contribution is 7.98. The van der Waals surface area contributed by atoms with Crippen LogP contribution in [0.15, 0.2) is 23.9 Å². The van der Waals surface area contributed by atoms with E-state index in [9.17, 15) is 9.59 Å². The summed E-state index contributed by atoms with van der Waals surface area (Å²) in [6.07, 6.45) is 17.5. The van der Waals surface area contributed by atoms with Crippen LogP contribution in [0.3, 0.4) is 0 Å². The Kier molecular flexibility index (Phi) is 11.9. The lowest BCUT2D eigenvalue weighted by atomic mass is 9.86. The van der Waals surface area contributed by atoms with Gasteiger partial charge in [-0.25, -0.2) is 0 Å². The van der Waals surface area contributed by atoms with E-state index in [2.05, 4.69) is 49.1 Å². The Balaban J connectivity index is 1.73. The minimum absolute atomic E-state index is 0.113. The second-order valence-electron chi connectivity index (χ2n) is 10.3. The quantitative estimate of drug-likeness (QED) is 0.290. The maximum Gasteiger partial charge on any atom is 0.227 e. The van der Waals surface area contributed by atoms with Gasteiger partial charge in [0, 0.05) is 34.9 Å². The van der Waals surface area contributed by atoms with Gasteiger partial charge in [0.1, 0.15) is 0 Å². The van der Waals surface area contributed by atoms with Crippen LogP contribution in [0.25, 0.3) is 0 Å². The van der Waals surface area contributed by atoms with Crippen molar-refractivity contribution in [2.24, 2.45) is 11.8 Å². The molecule has 0 atom stereocenters. The fraction of sp³-hybridized carbons (Fsp3) is 0.769. The van der Waals surface area contributed by atoms with Crippen molar-refractivity contribution in [1.29, 1.82) is 0 Å². The first kappa shape index (κ1) is 27.0. The molecule has 2 aliphatic carbocycles. The van der Waals surface area contributed by atoms with E-state index in [0.717, 1.165) is 69.9 Å². The molecule has 0 aromatic rings. The first-order valence-corrected chi connectivity index (χ1v) is 13.5. The van der Waals surface area contributed by atoms with Crippen molar-refractivity contribution in [2.45, 2.75) is 109 Å². The number of amides is 2. The summed E-state index contributed by atoms with van der Waals surface area (Å²) in [6, 6.07) is 0.502. The lowest BCUT2D eigenvalue weighted by Gasteiger charge is -2.30. The van der Waals surface area contributed by atoms with E-state index in [0.29, 0.717) is 12.6 Å². The average Bonchev–Trinajstić information content (AvgIpc) is 2.78. The summed E-state index contributed by atoms with van der Waals surface area (Å²) >= 11 is 1.79. The van der Waals surface area contributed by atoms with Crippen LogP contribution in [0.4, 0.5) is 0 Å². The minimum Gasteiger partial charge on any atom is -0.352 e. The number of carbonyl (C=O) groups is 2. The maximum atomic E-state index is 12.6. The number of unbranched alkanes of at least 4 members (excludes halogenated alkanes) is 1. The molecule has 0 saturated heterocycles. The molecule has 0 aromatic heterocycles. The topological polar surface area (TPSA) is 70.2 Å². The molecule has 0 heterocycles. The minimum atomic E-state index is 0.113. The van der Waals surface area contributed by atoms with Crippen LogP contribution in [-0.4, -0.2) is 29.1 Å². The summed E-state index contributed by atoms with van der Waals surface area (Å²) in [5.41, 5.74) is 0.861. The van der Waals surface area contributed by atoms with Crippen molar-refractivity contribution in [3.8, 4) is 0 Å². The highest BCUT2D eigenvalue weighted by Crippen LogP contribution is 2.28. The van der Waals surface area contributed by atoms with Crippen molar-refractivity contribution >= 4 is 23.8 Å². The van der Waals surface area contributed by atoms with Gasteiger partial charge < -0.3 is 10.6 Å². The van der Waals surface area contributed by atoms with Gasteiger partial charge >= 0.3 is 0 Å². The lowest BCUT2D eigenvalue weighted by Crippen LogP contribution is -2.37. The molecule has 2 fully saturated rings. The Bertz CT molecular complexity index is 640. The third-order valence-electron chi connectivity index (χ3n) is 6.22. The molecule has 0 aromatic carbocycles. The van der Waals surface area contributed by atoms with E-state index in [4.69, 9.17) is 0 Å². The standard InChI is InChI=1S/C26H45N3O2S/c1-5-6-13-22(28-25(31)20-11-8-7-9-12-20)14-10-19-27-24(30)21-15-17-23(18-16-21)29-32-26(2,3)4/h10,13-14,20-21,23,29H,5-9,11-12,15-19H2,1-4H3,(H,27,30)(H,28,31)/b14-10-,22-13+. The molecule has 2 saturated carbocycles. The molecule has 0 aliphatic heterocycles. The SMILES string of the molecule is CCC/C=C(\C=C/CNC(=O)C1CCC(NSC(C)(C)C)CC1)NC(=O)C1CCCCC1. The number of rotatable bonds is 10. The van der Waals surface area contributed by atoms with Gasteiger partial charge in [-0.2, -0.15) is 0 Å². The van der Waals surface area contributed by atoms with Crippen molar-refractivity contribution < 1.29 is 9.59 Å². The summed E-state index contributed by atoms with van der Waals surface area (Å²) in [7, 11) is 0. The van der Waals surface area contributed by atoms with Gasteiger partial charge in [0.25, 0.3) is 0 Å². The van der Waals surface area contributed by atoms with Crippen LogP contribution in [0.1, 0.15) is 98.3 Å². The Labute approximate surface area is 200 Å². The Morgan fingerprint density at radius 1 is 0.938 bits per heavy atom. The Hall–Kier alpha value is -1.27. The van der Waals surface area contributed by atoms with Crippen LogP contribution in [0, 0.1) is 11.8 Å². The van der Waals surface area contributed by atoms with Gasteiger partial charge in [0.15, 0.2) is 0 Å². The monoisotopic (exact) mass is 463 g/mol. The van der Waals surface area contributed by atoms with Gasteiger partial charge in [-0.1, -0.05) is 56.7 Å². The van der Waals surface area contributed by atoms with Crippen LogP contribution < -0.4 is 15.4 Å². The van der Waals surface area contributed by atoms with Crippen LogP contribution in [-0.2, 0) is 9.59 Å². The van der Waals surface area contributed by atoms with Crippen LogP contribution in [0.2, 0.25) is 0 Å². The van der Waals surface area contributed by atoms with Crippen LogP contribution in [0.5, 0.6) is 0 Å². The summed E-state index contributed by atoms with van der Waals surface area (Å²) in [5.74, 6) is 0.563. The molecule has 32 heavy (non-hydrogen) atoms. The maximum absolute atomic E-state index is 12.6. The fourth-order valence-corrected chi connectivity index (χ4v) is 5.05. The molecule has 6 heteroatoms. The van der Waals surface area contributed by atoms with Gasteiger partial charge in [-0.15, -0.1) is 0 Å². The molecule has 3 N–H and O–H groups in total. The molecular weight excluding hydrogens is 418 g/mol. The summed E-state index contributed by atoms with van der Waals surface area (Å²) < 4.78 is 3.78. The predicted octanol–water partition coefficient (Wildman–Crippen LogP) is 5.63. The molecule has 182 valence electrons. The molecule has 2 amide bonds. The van der Waals surface area contributed by atoms with Crippen LogP contribution >= 0.6 is 11.9 Å². The van der Waals surface area contributed by atoms with Gasteiger partial charge in [-0.05, 0) is 71.8 Å². The molecule has 0 spiro atoms. The first-order chi connectivity index (χ1) is 15.3. The highest BCUT2D eigenvalue weighted by Gasteiger charge is 2.27. The van der Waals surface area contributed by atoms with E-state index in [1.54, 1.807) is 11.9 Å². The molecule has 2 aliphatic rings. The van der Waals surface area contributed by atoms with Gasteiger partial charge in [0.05, 0.1) is 0 Å². The van der Waals surface area contributed by atoms with E-state index >= 15 is 0 Å². The Morgan fingerprint density at radius 2 is 1.59 bits per heavy atom. The average molecular weight is 464 g/mol. The third-order valence-corrected chi connectivity index (χ3v) is 7.28.